The summed E-state index contributed by atoms with van der Waals surface area (Å²) in [5.41, 5.74) is 2.73. The molecule has 6 heteroatoms. The van der Waals surface area contributed by atoms with Crippen LogP contribution in [0.4, 0.5) is 11.9 Å². The minimum atomic E-state index is -0.0636. The van der Waals surface area contributed by atoms with Crippen molar-refractivity contribution in [2.45, 2.75) is 13.2 Å². The van der Waals surface area contributed by atoms with Crippen LogP contribution in [0.25, 0.3) is 11.4 Å². The first-order valence-corrected chi connectivity index (χ1v) is 8.07. The van der Waals surface area contributed by atoms with E-state index in [1.54, 1.807) is 0 Å². The molecule has 0 fully saturated rings. The fourth-order valence-electron chi connectivity index (χ4n) is 2.42. The quantitative estimate of drug-likeness (QED) is 0.721. The van der Waals surface area contributed by atoms with Crippen molar-refractivity contribution in [3.63, 3.8) is 0 Å². The summed E-state index contributed by atoms with van der Waals surface area (Å²) < 4.78 is 0. The first-order chi connectivity index (χ1) is 12.2. The third-order valence-electron chi connectivity index (χ3n) is 3.75. The molecule has 3 aromatic rings. The Kier molecular flexibility index (Phi) is 5.20. The highest BCUT2D eigenvalue weighted by molar-refractivity contribution is 5.62. The summed E-state index contributed by atoms with van der Waals surface area (Å²) in [7, 11) is 3.77. The molecule has 0 unspecified atom stereocenters. The Labute approximate surface area is 147 Å². The van der Waals surface area contributed by atoms with Crippen LogP contribution in [0, 0.1) is 0 Å². The zero-order valence-corrected chi connectivity index (χ0v) is 14.3. The molecule has 0 amide bonds. The van der Waals surface area contributed by atoms with Crippen LogP contribution in [0.5, 0.6) is 0 Å². The van der Waals surface area contributed by atoms with Crippen molar-refractivity contribution >= 4 is 11.9 Å². The Morgan fingerprint density at radius 1 is 0.920 bits per heavy atom. The van der Waals surface area contributed by atoms with E-state index in [0.717, 1.165) is 16.7 Å². The van der Waals surface area contributed by atoms with E-state index in [4.69, 9.17) is 0 Å². The van der Waals surface area contributed by atoms with E-state index in [9.17, 15) is 5.11 Å². The summed E-state index contributed by atoms with van der Waals surface area (Å²) in [4.78, 5) is 15.4. The number of nitrogens with zero attached hydrogens (tertiary/aromatic N) is 4. The molecule has 0 saturated heterocycles. The Morgan fingerprint density at radius 2 is 1.64 bits per heavy atom. The molecular weight excluding hydrogens is 314 g/mol. The number of hydrogen-bond donors (Lipinski definition) is 2. The molecule has 1 heterocycles. The Hall–Kier alpha value is -2.99. The second-order valence-corrected chi connectivity index (χ2v) is 5.83. The molecule has 6 nitrogen and oxygen atoms in total. The first-order valence-electron chi connectivity index (χ1n) is 8.07. The monoisotopic (exact) mass is 335 g/mol. The molecule has 0 aliphatic heterocycles. The van der Waals surface area contributed by atoms with Gasteiger partial charge >= 0.3 is 0 Å². The zero-order valence-electron chi connectivity index (χ0n) is 14.3. The minimum Gasteiger partial charge on any atom is -0.392 e. The Bertz CT molecular complexity index is 836. The van der Waals surface area contributed by atoms with Gasteiger partial charge in [-0.3, -0.25) is 0 Å². The summed E-state index contributed by atoms with van der Waals surface area (Å²) in [6, 6.07) is 17.6. The van der Waals surface area contributed by atoms with Gasteiger partial charge in [-0.15, -0.1) is 0 Å². The largest absolute Gasteiger partial charge is 0.392 e. The lowest BCUT2D eigenvalue weighted by Gasteiger charge is -2.14. The second-order valence-electron chi connectivity index (χ2n) is 5.83. The van der Waals surface area contributed by atoms with Crippen LogP contribution in [0.2, 0.25) is 0 Å². The zero-order chi connectivity index (χ0) is 17.6. The number of rotatable bonds is 6. The molecular formula is C19H21N5O. The van der Waals surface area contributed by atoms with Crippen molar-refractivity contribution in [3.8, 4) is 11.4 Å². The van der Waals surface area contributed by atoms with Gasteiger partial charge in [0.2, 0.25) is 11.9 Å². The summed E-state index contributed by atoms with van der Waals surface area (Å²) in [5.74, 6) is 1.61. The molecule has 2 N–H and O–H groups in total. The van der Waals surface area contributed by atoms with Gasteiger partial charge in [0.15, 0.2) is 5.82 Å². The lowest BCUT2D eigenvalue weighted by molar-refractivity contribution is 0.282. The fraction of sp³-hybridized carbons (Fsp3) is 0.211. The van der Waals surface area contributed by atoms with Crippen LogP contribution in [0.1, 0.15) is 11.1 Å². The van der Waals surface area contributed by atoms with E-state index in [1.165, 1.54) is 0 Å². The lowest BCUT2D eigenvalue weighted by Crippen LogP contribution is -2.16. The number of hydrogen-bond acceptors (Lipinski definition) is 6. The van der Waals surface area contributed by atoms with Gasteiger partial charge < -0.3 is 15.3 Å². The summed E-state index contributed by atoms with van der Waals surface area (Å²) >= 11 is 0. The number of aromatic nitrogens is 3. The Morgan fingerprint density at radius 3 is 2.36 bits per heavy atom. The lowest BCUT2D eigenvalue weighted by atomic mass is 10.1. The van der Waals surface area contributed by atoms with Gasteiger partial charge in [0.1, 0.15) is 0 Å². The maximum Gasteiger partial charge on any atom is 0.230 e. The maximum absolute atomic E-state index is 9.58. The number of anilines is 2. The molecule has 0 bridgehead atoms. The average Bonchev–Trinajstić information content (AvgIpc) is 2.67. The summed E-state index contributed by atoms with van der Waals surface area (Å²) in [6.07, 6.45) is 0. The molecule has 0 aliphatic rings. The highest BCUT2D eigenvalue weighted by Crippen LogP contribution is 2.23. The average molecular weight is 335 g/mol. The van der Waals surface area contributed by atoms with Crippen LogP contribution < -0.4 is 10.2 Å². The SMILES string of the molecule is CN(C)c1nc(NCc2ccccc2)nc(-c2ccccc2CO)n1. The van der Waals surface area contributed by atoms with Crippen LogP contribution >= 0.6 is 0 Å². The molecule has 2 aromatic carbocycles. The van der Waals surface area contributed by atoms with Crippen molar-refractivity contribution in [2.75, 3.05) is 24.3 Å². The van der Waals surface area contributed by atoms with Crippen molar-refractivity contribution in [2.24, 2.45) is 0 Å². The fourth-order valence-corrected chi connectivity index (χ4v) is 2.42. The highest BCUT2D eigenvalue weighted by atomic mass is 16.3. The molecule has 3 rings (SSSR count). The van der Waals surface area contributed by atoms with E-state index in [0.29, 0.717) is 24.3 Å². The van der Waals surface area contributed by atoms with Crippen LogP contribution in [0.3, 0.4) is 0 Å². The molecule has 0 radical (unpaired) electrons. The van der Waals surface area contributed by atoms with E-state index >= 15 is 0 Å². The van der Waals surface area contributed by atoms with E-state index in [2.05, 4.69) is 20.3 Å². The van der Waals surface area contributed by atoms with Gasteiger partial charge in [-0.1, -0.05) is 54.6 Å². The summed E-state index contributed by atoms with van der Waals surface area (Å²) in [6.45, 7) is 0.560. The number of aliphatic hydroxyl groups excluding tert-OH is 1. The van der Waals surface area contributed by atoms with Crippen molar-refractivity contribution in [3.05, 3.63) is 65.7 Å². The van der Waals surface area contributed by atoms with E-state index in [1.807, 2.05) is 73.6 Å². The molecule has 1 aromatic heterocycles. The predicted molar refractivity (Wildman–Crippen MR) is 99.3 cm³/mol. The predicted octanol–water partition coefficient (Wildman–Crippen LogP) is 2.71. The molecule has 25 heavy (non-hydrogen) atoms. The molecule has 0 spiro atoms. The smallest absolute Gasteiger partial charge is 0.230 e. The van der Waals surface area contributed by atoms with Crippen LogP contribution in [0.15, 0.2) is 54.6 Å². The van der Waals surface area contributed by atoms with E-state index in [-0.39, 0.29) is 6.61 Å². The van der Waals surface area contributed by atoms with Crippen LogP contribution in [-0.4, -0.2) is 34.2 Å². The number of benzene rings is 2. The van der Waals surface area contributed by atoms with E-state index < -0.39 is 0 Å². The third kappa shape index (κ3) is 4.10. The van der Waals surface area contributed by atoms with Gasteiger partial charge in [-0.2, -0.15) is 15.0 Å². The van der Waals surface area contributed by atoms with Gasteiger partial charge in [-0.05, 0) is 11.1 Å². The topological polar surface area (TPSA) is 74.2 Å². The third-order valence-corrected chi connectivity index (χ3v) is 3.75. The summed E-state index contributed by atoms with van der Waals surface area (Å²) in [5, 5.41) is 12.8. The van der Waals surface area contributed by atoms with Crippen molar-refractivity contribution in [1.29, 1.82) is 0 Å². The van der Waals surface area contributed by atoms with Crippen molar-refractivity contribution < 1.29 is 5.11 Å². The van der Waals surface area contributed by atoms with Gasteiger partial charge in [0.25, 0.3) is 0 Å². The second kappa shape index (κ2) is 7.72. The molecule has 0 atom stereocenters. The minimum absolute atomic E-state index is 0.0636. The van der Waals surface area contributed by atoms with Gasteiger partial charge in [0, 0.05) is 26.2 Å². The number of aliphatic hydroxyl groups is 1. The standard InChI is InChI=1S/C19H21N5O/c1-24(2)19-22-17(16-11-7-6-10-15(16)13-25)21-18(23-19)20-12-14-8-4-3-5-9-14/h3-11,25H,12-13H2,1-2H3,(H,20,21,22,23). The molecule has 128 valence electrons. The van der Waals surface area contributed by atoms with Crippen LogP contribution in [-0.2, 0) is 13.2 Å². The van der Waals surface area contributed by atoms with Gasteiger partial charge in [0.05, 0.1) is 6.61 Å². The highest BCUT2D eigenvalue weighted by Gasteiger charge is 2.12. The molecule has 0 saturated carbocycles. The Balaban J connectivity index is 1.94. The first kappa shape index (κ1) is 16.9. The number of nitrogens with one attached hydrogen (secondary N) is 1. The molecule has 0 aliphatic carbocycles. The maximum atomic E-state index is 9.58. The normalized spacial score (nSPS) is 10.5. The van der Waals surface area contributed by atoms with Gasteiger partial charge in [-0.25, -0.2) is 0 Å². The van der Waals surface area contributed by atoms with Crippen molar-refractivity contribution in [1.82, 2.24) is 15.0 Å².